The lowest BCUT2D eigenvalue weighted by Gasteiger charge is -2.47. The topological polar surface area (TPSA) is 40.5 Å². The fourth-order valence-corrected chi connectivity index (χ4v) is 3.08. The summed E-state index contributed by atoms with van der Waals surface area (Å²) >= 11 is 0. The maximum Gasteiger partial charge on any atom is 0.0543 e. The molecule has 2 saturated carbocycles. The van der Waals surface area contributed by atoms with E-state index < -0.39 is 0 Å². The van der Waals surface area contributed by atoms with E-state index in [-0.39, 0.29) is 12.2 Å². The summed E-state index contributed by atoms with van der Waals surface area (Å²) in [6.45, 7) is 2.33. The Bertz CT molecular complexity index is 175. The minimum Gasteiger partial charge on any atom is -0.393 e. The van der Waals surface area contributed by atoms with Crippen LogP contribution >= 0.6 is 0 Å². The third kappa shape index (κ3) is 1.75. The van der Waals surface area contributed by atoms with Gasteiger partial charge in [0.15, 0.2) is 0 Å². The van der Waals surface area contributed by atoms with E-state index >= 15 is 0 Å². The molecule has 0 saturated heterocycles. The van der Waals surface area contributed by atoms with Gasteiger partial charge in [0, 0.05) is 0 Å². The molecule has 76 valence electrons. The molecule has 2 aliphatic rings. The molecule has 0 heterocycles. The highest BCUT2D eigenvalue weighted by Crippen LogP contribution is 2.49. The lowest BCUT2D eigenvalue weighted by Crippen LogP contribution is -2.42. The third-order valence-corrected chi connectivity index (χ3v) is 4.20. The molecule has 2 aliphatic carbocycles. The van der Waals surface area contributed by atoms with Crippen molar-refractivity contribution in [3.63, 3.8) is 0 Å². The number of hydrogen-bond acceptors (Lipinski definition) is 2. The first-order chi connectivity index (χ1) is 6.10. The lowest BCUT2D eigenvalue weighted by molar-refractivity contribution is -0.0463. The summed E-state index contributed by atoms with van der Waals surface area (Å²) in [5.41, 5.74) is 0.415. The predicted octanol–water partition coefficient (Wildman–Crippen LogP) is 1.70. The fraction of sp³-hybridized carbons (Fsp3) is 1.00. The van der Waals surface area contributed by atoms with Crippen molar-refractivity contribution in [1.29, 1.82) is 0 Å². The van der Waals surface area contributed by atoms with Gasteiger partial charge in [-0.25, -0.2) is 0 Å². The van der Waals surface area contributed by atoms with Gasteiger partial charge in [-0.3, -0.25) is 0 Å². The standard InChI is InChI=1S/C11H20O2/c1-11-4-2-9(12)6-8(11)7-10(13)3-5-11/h8-10,12-13H,2-7H2,1H3/t8?,9-,10+,11?. The zero-order valence-electron chi connectivity index (χ0n) is 8.37. The van der Waals surface area contributed by atoms with Gasteiger partial charge in [0.25, 0.3) is 0 Å². The van der Waals surface area contributed by atoms with Crippen molar-refractivity contribution in [2.75, 3.05) is 0 Å². The van der Waals surface area contributed by atoms with Gasteiger partial charge in [-0.05, 0) is 49.9 Å². The summed E-state index contributed by atoms with van der Waals surface area (Å²) in [6, 6.07) is 0. The molecule has 0 aromatic carbocycles. The number of rotatable bonds is 0. The SMILES string of the molecule is CC12CC[C@@H](O)CC1C[C@@H](O)CC2. The highest BCUT2D eigenvalue weighted by molar-refractivity contribution is 4.93. The van der Waals surface area contributed by atoms with Crippen molar-refractivity contribution in [3.8, 4) is 0 Å². The van der Waals surface area contributed by atoms with Crippen LogP contribution in [0.3, 0.4) is 0 Å². The van der Waals surface area contributed by atoms with Gasteiger partial charge in [-0.1, -0.05) is 6.92 Å². The van der Waals surface area contributed by atoms with E-state index in [2.05, 4.69) is 6.92 Å². The maximum absolute atomic E-state index is 9.57. The molecule has 0 aromatic rings. The van der Waals surface area contributed by atoms with Crippen LogP contribution in [0.25, 0.3) is 0 Å². The van der Waals surface area contributed by atoms with Crippen LogP contribution in [0, 0.1) is 11.3 Å². The number of aliphatic hydroxyl groups is 2. The van der Waals surface area contributed by atoms with Gasteiger partial charge in [0.1, 0.15) is 0 Å². The number of fused-ring (bicyclic) bond motifs is 1. The van der Waals surface area contributed by atoms with Crippen molar-refractivity contribution >= 4 is 0 Å². The molecule has 0 aliphatic heterocycles. The summed E-state index contributed by atoms with van der Waals surface area (Å²) in [4.78, 5) is 0. The molecule has 2 N–H and O–H groups in total. The summed E-state index contributed by atoms with van der Waals surface area (Å²) < 4.78 is 0. The van der Waals surface area contributed by atoms with Gasteiger partial charge >= 0.3 is 0 Å². The number of hydrogen-bond donors (Lipinski definition) is 2. The lowest BCUT2D eigenvalue weighted by atomic mass is 9.59. The van der Waals surface area contributed by atoms with E-state index in [0.717, 1.165) is 38.5 Å². The first-order valence-corrected chi connectivity index (χ1v) is 5.46. The van der Waals surface area contributed by atoms with Gasteiger partial charge in [-0.15, -0.1) is 0 Å². The molecular formula is C11H20O2. The minimum absolute atomic E-state index is 0.108. The molecule has 0 bridgehead atoms. The van der Waals surface area contributed by atoms with Crippen molar-refractivity contribution < 1.29 is 10.2 Å². The average molecular weight is 184 g/mol. The Labute approximate surface area is 80.0 Å². The monoisotopic (exact) mass is 184 g/mol. The Morgan fingerprint density at radius 1 is 1.00 bits per heavy atom. The smallest absolute Gasteiger partial charge is 0.0543 e. The van der Waals surface area contributed by atoms with E-state index in [1.54, 1.807) is 0 Å². The van der Waals surface area contributed by atoms with Crippen molar-refractivity contribution in [1.82, 2.24) is 0 Å². The second kappa shape index (κ2) is 3.25. The largest absolute Gasteiger partial charge is 0.393 e. The normalized spacial score (nSPS) is 51.5. The van der Waals surface area contributed by atoms with Crippen molar-refractivity contribution in [2.45, 2.75) is 57.7 Å². The van der Waals surface area contributed by atoms with Crippen LogP contribution in [-0.2, 0) is 0 Å². The molecule has 4 atom stereocenters. The molecule has 2 heteroatoms. The fourth-order valence-electron chi connectivity index (χ4n) is 3.08. The Kier molecular flexibility index (Phi) is 2.37. The maximum atomic E-state index is 9.57. The Morgan fingerprint density at radius 3 is 1.92 bits per heavy atom. The van der Waals surface area contributed by atoms with Crippen LogP contribution in [0.4, 0.5) is 0 Å². The summed E-state index contributed by atoms with van der Waals surface area (Å²) in [5.74, 6) is 0.556. The summed E-state index contributed by atoms with van der Waals surface area (Å²) in [7, 11) is 0. The van der Waals surface area contributed by atoms with E-state index in [1.165, 1.54) is 0 Å². The van der Waals surface area contributed by atoms with Crippen LogP contribution in [0.5, 0.6) is 0 Å². The van der Waals surface area contributed by atoms with E-state index in [4.69, 9.17) is 0 Å². The Hall–Kier alpha value is -0.0800. The molecule has 13 heavy (non-hydrogen) atoms. The minimum atomic E-state index is -0.108. The van der Waals surface area contributed by atoms with Gasteiger partial charge in [0.2, 0.25) is 0 Å². The first kappa shape index (κ1) is 9.47. The highest BCUT2D eigenvalue weighted by Gasteiger charge is 2.42. The predicted molar refractivity (Wildman–Crippen MR) is 51.3 cm³/mol. The first-order valence-electron chi connectivity index (χ1n) is 5.46. The third-order valence-electron chi connectivity index (χ3n) is 4.20. The van der Waals surface area contributed by atoms with Gasteiger partial charge in [-0.2, -0.15) is 0 Å². The molecule has 0 aromatic heterocycles. The Morgan fingerprint density at radius 2 is 1.46 bits per heavy atom. The van der Waals surface area contributed by atoms with E-state index in [1.807, 2.05) is 0 Å². The highest BCUT2D eigenvalue weighted by atomic mass is 16.3. The molecule has 0 amide bonds. The molecule has 2 fully saturated rings. The van der Waals surface area contributed by atoms with Gasteiger partial charge in [0.05, 0.1) is 12.2 Å². The average Bonchev–Trinajstić information content (AvgIpc) is 2.08. The number of aliphatic hydroxyl groups excluding tert-OH is 2. The zero-order valence-corrected chi connectivity index (χ0v) is 8.37. The second-order valence-electron chi connectivity index (χ2n) is 5.21. The van der Waals surface area contributed by atoms with Gasteiger partial charge < -0.3 is 10.2 Å². The summed E-state index contributed by atoms with van der Waals surface area (Å²) in [6.07, 6.45) is 5.82. The van der Waals surface area contributed by atoms with Crippen LogP contribution in [-0.4, -0.2) is 22.4 Å². The van der Waals surface area contributed by atoms with Crippen LogP contribution in [0.1, 0.15) is 45.4 Å². The zero-order chi connectivity index (χ0) is 9.47. The van der Waals surface area contributed by atoms with Crippen LogP contribution in [0.2, 0.25) is 0 Å². The second-order valence-corrected chi connectivity index (χ2v) is 5.21. The molecular weight excluding hydrogens is 164 g/mol. The molecule has 2 unspecified atom stereocenters. The molecule has 0 spiro atoms. The molecule has 2 nitrogen and oxygen atoms in total. The van der Waals surface area contributed by atoms with Crippen molar-refractivity contribution in [2.24, 2.45) is 11.3 Å². The van der Waals surface area contributed by atoms with Crippen LogP contribution in [0.15, 0.2) is 0 Å². The molecule has 0 radical (unpaired) electrons. The Balaban J connectivity index is 2.07. The van der Waals surface area contributed by atoms with Crippen molar-refractivity contribution in [3.05, 3.63) is 0 Å². The molecule has 2 rings (SSSR count). The van der Waals surface area contributed by atoms with E-state index in [0.29, 0.717) is 11.3 Å². The van der Waals surface area contributed by atoms with Crippen LogP contribution < -0.4 is 0 Å². The quantitative estimate of drug-likeness (QED) is 0.601. The summed E-state index contributed by atoms with van der Waals surface area (Å²) in [5, 5.41) is 19.1. The van der Waals surface area contributed by atoms with E-state index in [9.17, 15) is 10.2 Å².